The molecule has 1 fully saturated rings. The van der Waals surface area contributed by atoms with Gasteiger partial charge in [-0.3, -0.25) is 4.79 Å². The highest BCUT2D eigenvalue weighted by Gasteiger charge is 2.51. The molecule has 0 heterocycles. The summed E-state index contributed by atoms with van der Waals surface area (Å²) in [5, 5.41) is 3.16. The molecule has 1 saturated carbocycles. The second kappa shape index (κ2) is 6.98. The molecule has 1 atom stereocenters. The molecular weight excluding hydrogens is 364 g/mol. The summed E-state index contributed by atoms with van der Waals surface area (Å²) in [6.07, 6.45) is 1.87. The van der Waals surface area contributed by atoms with Gasteiger partial charge >= 0.3 is 0 Å². The molecule has 2 aromatic carbocycles. The number of anilines is 1. The third-order valence-corrected chi connectivity index (χ3v) is 5.49. The summed E-state index contributed by atoms with van der Waals surface area (Å²) >= 11 is 3.45. The minimum Gasteiger partial charge on any atom is -0.370 e. The fourth-order valence-electron chi connectivity index (χ4n) is 3.00. The summed E-state index contributed by atoms with van der Waals surface area (Å²) in [5.41, 5.74) is 1.96. The summed E-state index contributed by atoms with van der Waals surface area (Å²) in [5.74, 6) is 0.151. The first-order valence-electron chi connectivity index (χ1n) is 8.35. The van der Waals surface area contributed by atoms with Crippen molar-refractivity contribution in [2.45, 2.75) is 31.2 Å². The standard InChI is InChI=1S/C20H23BrN2O/c1-15(23(2)18-6-4-3-5-7-18)14-22-19(24)20(12-13-20)16-8-10-17(21)11-9-16/h3-11,15H,12-14H2,1-2H3,(H,22,24). The van der Waals surface area contributed by atoms with Crippen LogP contribution in [0.3, 0.4) is 0 Å². The van der Waals surface area contributed by atoms with Crippen molar-refractivity contribution in [3.8, 4) is 0 Å². The fourth-order valence-corrected chi connectivity index (χ4v) is 3.27. The van der Waals surface area contributed by atoms with Crippen molar-refractivity contribution < 1.29 is 4.79 Å². The molecular formula is C20H23BrN2O. The van der Waals surface area contributed by atoms with E-state index >= 15 is 0 Å². The molecule has 1 aliphatic rings. The number of nitrogens with zero attached hydrogens (tertiary/aromatic N) is 1. The minimum atomic E-state index is -0.314. The van der Waals surface area contributed by atoms with E-state index in [-0.39, 0.29) is 17.4 Å². The first-order chi connectivity index (χ1) is 11.5. The van der Waals surface area contributed by atoms with Gasteiger partial charge in [-0.25, -0.2) is 0 Å². The Bertz CT molecular complexity index is 695. The van der Waals surface area contributed by atoms with Crippen LogP contribution < -0.4 is 10.2 Å². The number of carbonyl (C=O) groups excluding carboxylic acids is 1. The molecule has 3 nitrogen and oxygen atoms in total. The van der Waals surface area contributed by atoms with Crippen molar-refractivity contribution in [1.29, 1.82) is 0 Å². The Kier molecular flexibility index (Phi) is 4.95. The zero-order valence-electron chi connectivity index (χ0n) is 14.1. The molecule has 0 saturated heterocycles. The third-order valence-electron chi connectivity index (χ3n) is 4.96. The largest absolute Gasteiger partial charge is 0.370 e. The molecule has 1 unspecified atom stereocenters. The maximum Gasteiger partial charge on any atom is 0.230 e. The number of likely N-dealkylation sites (N-methyl/N-ethyl adjacent to an activating group) is 1. The van der Waals surface area contributed by atoms with Crippen LogP contribution in [-0.4, -0.2) is 25.5 Å². The van der Waals surface area contributed by atoms with E-state index in [0.29, 0.717) is 6.54 Å². The quantitative estimate of drug-likeness (QED) is 0.809. The predicted octanol–water partition coefficient (Wildman–Crippen LogP) is 4.12. The molecule has 126 valence electrons. The third kappa shape index (κ3) is 3.48. The van der Waals surface area contributed by atoms with Crippen LogP contribution >= 0.6 is 15.9 Å². The van der Waals surface area contributed by atoms with Crippen molar-refractivity contribution in [1.82, 2.24) is 5.32 Å². The van der Waals surface area contributed by atoms with Crippen LogP contribution in [0.5, 0.6) is 0 Å². The molecule has 1 N–H and O–H groups in total. The molecule has 1 aliphatic carbocycles. The number of para-hydroxylation sites is 1. The highest BCUT2D eigenvalue weighted by molar-refractivity contribution is 9.10. The van der Waals surface area contributed by atoms with E-state index in [9.17, 15) is 4.79 Å². The number of amides is 1. The van der Waals surface area contributed by atoms with Crippen molar-refractivity contribution in [3.05, 3.63) is 64.6 Å². The van der Waals surface area contributed by atoms with E-state index in [1.165, 1.54) is 0 Å². The molecule has 2 aromatic rings. The number of rotatable bonds is 6. The zero-order chi connectivity index (χ0) is 17.2. The van der Waals surface area contributed by atoms with Crippen LogP contribution in [0.2, 0.25) is 0 Å². The molecule has 0 radical (unpaired) electrons. The number of hydrogen-bond acceptors (Lipinski definition) is 2. The normalized spacial score (nSPS) is 16.3. The Hall–Kier alpha value is -1.81. The summed E-state index contributed by atoms with van der Waals surface area (Å²) in [7, 11) is 2.06. The molecule has 3 rings (SSSR count). The number of nitrogens with one attached hydrogen (secondary N) is 1. The van der Waals surface area contributed by atoms with Crippen LogP contribution in [0.15, 0.2) is 59.1 Å². The summed E-state index contributed by atoms with van der Waals surface area (Å²) in [6, 6.07) is 18.6. The van der Waals surface area contributed by atoms with Gasteiger partial charge in [0, 0.05) is 29.8 Å². The molecule has 0 bridgehead atoms. The molecule has 1 amide bonds. The second-order valence-electron chi connectivity index (χ2n) is 6.59. The molecule has 4 heteroatoms. The Morgan fingerprint density at radius 2 is 1.79 bits per heavy atom. The fraction of sp³-hybridized carbons (Fsp3) is 0.350. The maximum absolute atomic E-state index is 12.7. The Balaban J connectivity index is 1.60. The van der Waals surface area contributed by atoms with E-state index in [4.69, 9.17) is 0 Å². The smallest absolute Gasteiger partial charge is 0.230 e. The van der Waals surface area contributed by atoms with E-state index in [1.54, 1.807) is 0 Å². The second-order valence-corrected chi connectivity index (χ2v) is 7.51. The van der Waals surface area contributed by atoms with Gasteiger partial charge in [0.1, 0.15) is 0 Å². The maximum atomic E-state index is 12.7. The van der Waals surface area contributed by atoms with Gasteiger partial charge in [0.25, 0.3) is 0 Å². The predicted molar refractivity (Wildman–Crippen MR) is 102 cm³/mol. The first-order valence-corrected chi connectivity index (χ1v) is 9.14. The lowest BCUT2D eigenvalue weighted by Gasteiger charge is -2.28. The molecule has 0 spiro atoms. The van der Waals surface area contributed by atoms with Crippen LogP contribution in [0, 0.1) is 0 Å². The van der Waals surface area contributed by atoms with E-state index < -0.39 is 0 Å². The monoisotopic (exact) mass is 386 g/mol. The molecule has 0 aliphatic heterocycles. The average Bonchev–Trinajstić information content (AvgIpc) is 3.42. The molecule has 24 heavy (non-hydrogen) atoms. The Morgan fingerprint density at radius 1 is 1.17 bits per heavy atom. The highest BCUT2D eigenvalue weighted by atomic mass is 79.9. The van der Waals surface area contributed by atoms with Crippen LogP contribution in [0.25, 0.3) is 0 Å². The van der Waals surface area contributed by atoms with Gasteiger partial charge in [-0.05, 0) is 49.6 Å². The van der Waals surface area contributed by atoms with Gasteiger partial charge in [-0.2, -0.15) is 0 Å². The number of halogens is 1. The lowest BCUT2D eigenvalue weighted by molar-refractivity contribution is -0.123. The minimum absolute atomic E-state index is 0.151. The Labute approximate surface area is 152 Å². The summed E-state index contributed by atoms with van der Waals surface area (Å²) in [4.78, 5) is 14.9. The van der Waals surface area contributed by atoms with Gasteiger partial charge in [-0.1, -0.05) is 46.3 Å². The van der Waals surface area contributed by atoms with Gasteiger partial charge in [0.05, 0.1) is 5.41 Å². The average molecular weight is 387 g/mol. The van der Waals surface area contributed by atoms with Crippen molar-refractivity contribution >= 4 is 27.5 Å². The van der Waals surface area contributed by atoms with E-state index in [0.717, 1.165) is 28.6 Å². The summed E-state index contributed by atoms with van der Waals surface area (Å²) in [6.45, 7) is 2.77. The lowest BCUT2D eigenvalue weighted by atomic mass is 9.95. The van der Waals surface area contributed by atoms with Gasteiger partial charge in [0.2, 0.25) is 5.91 Å². The van der Waals surface area contributed by atoms with Crippen molar-refractivity contribution in [2.75, 3.05) is 18.5 Å². The van der Waals surface area contributed by atoms with Crippen molar-refractivity contribution in [2.24, 2.45) is 0 Å². The number of carbonyl (C=O) groups is 1. The van der Waals surface area contributed by atoms with Crippen molar-refractivity contribution in [3.63, 3.8) is 0 Å². The van der Waals surface area contributed by atoms with E-state index in [1.807, 2.05) is 30.3 Å². The molecule has 0 aromatic heterocycles. The van der Waals surface area contributed by atoms with Crippen LogP contribution in [0.1, 0.15) is 25.3 Å². The topological polar surface area (TPSA) is 32.3 Å². The van der Waals surface area contributed by atoms with Gasteiger partial charge in [-0.15, -0.1) is 0 Å². The zero-order valence-corrected chi connectivity index (χ0v) is 15.7. The number of benzene rings is 2. The number of hydrogen-bond donors (Lipinski definition) is 1. The van der Waals surface area contributed by atoms with E-state index in [2.05, 4.69) is 64.4 Å². The lowest BCUT2D eigenvalue weighted by Crippen LogP contribution is -2.43. The van der Waals surface area contributed by atoms with Crippen LogP contribution in [0.4, 0.5) is 5.69 Å². The Morgan fingerprint density at radius 3 is 2.38 bits per heavy atom. The summed E-state index contributed by atoms with van der Waals surface area (Å²) < 4.78 is 1.04. The highest BCUT2D eigenvalue weighted by Crippen LogP contribution is 2.48. The van der Waals surface area contributed by atoms with Crippen LogP contribution in [-0.2, 0) is 10.2 Å². The first kappa shape index (κ1) is 17.0. The van der Waals surface area contributed by atoms with Gasteiger partial charge in [0.15, 0.2) is 0 Å². The van der Waals surface area contributed by atoms with Gasteiger partial charge < -0.3 is 10.2 Å². The SMILES string of the molecule is CC(CNC(=O)C1(c2ccc(Br)cc2)CC1)N(C)c1ccccc1.